The van der Waals surface area contributed by atoms with E-state index in [2.05, 4.69) is 0 Å². The van der Waals surface area contributed by atoms with Gasteiger partial charge < -0.3 is 15.4 Å². The third-order valence-electron chi connectivity index (χ3n) is 3.06. The SMILES string of the molecule is CN(C(=O)COc1ccc(C(N)=S)c(F)c1)C1CC1. The zero-order valence-electron chi connectivity index (χ0n) is 10.6. The van der Waals surface area contributed by atoms with Crippen LogP contribution in [0.25, 0.3) is 0 Å². The van der Waals surface area contributed by atoms with Gasteiger partial charge in [-0.25, -0.2) is 4.39 Å². The monoisotopic (exact) mass is 282 g/mol. The summed E-state index contributed by atoms with van der Waals surface area (Å²) in [5.74, 6) is -0.371. The van der Waals surface area contributed by atoms with Crippen molar-refractivity contribution in [2.75, 3.05) is 13.7 Å². The number of amides is 1. The standard InChI is InChI=1S/C13H15FN2O2S/c1-16(8-2-3-8)12(17)7-18-9-4-5-10(13(15)19)11(14)6-9/h4-6,8H,2-3,7H2,1H3,(H2,15,19). The minimum atomic E-state index is -0.548. The third kappa shape index (κ3) is 3.41. The van der Waals surface area contributed by atoms with Crippen LogP contribution in [0.1, 0.15) is 18.4 Å². The fraction of sp³-hybridized carbons (Fsp3) is 0.385. The molecule has 0 saturated heterocycles. The van der Waals surface area contributed by atoms with Gasteiger partial charge in [0.25, 0.3) is 5.91 Å². The van der Waals surface area contributed by atoms with Crippen LogP contribution >= 0.6 is 12.2 Å². The molecule has 0 spiro atoms. The first kappa shape index (κ1) is 13.7. The van der Waals surface area contributed by atoms with Crippen LogP contribution in [-0.4, -0.2) is 35.5 Å². The van der Waals surface area contributed by atoms with Gasteiger partial charge in [-0.15, -0.1) is 0 Å². The van der Waals surface area contributed by atoms with Gasteiger partial charge in [-0.05, 0) is 25.0 Å². The van der Waals surface area contributed by atoms with Gasteiger partial charge in [0.1, 0.15) is 16.6 Å². The molecule has 1 amide bonds. The van der Waals surface area contributed by atoms with Gasteiger partial charge in [0.15, 0.2) is 6.61 Å². The topological polar surface area (TPSA) is 55.6 Å². The van der Waals surface area contributed by atoms with Gasteiger partial charge in [0.05, 0.1) is 0 Å². The Morgan fingerprint density at radius 3 is 2.79 bits per heavy atom. The Morgan fingerprint density at radius 1 is 1.58 bits per heavy atom. The highest BCUT2D eigenvalue weighted by molar-refractivity contribution is 7.80. The first-order valence-corrected chi connectivity index (χ1v) is 6.37. The van der Waals surface area contributed by atoms with Gasteiger partial charge in [0, 0.05) is 24.7 Å². The Labute approximate surface area is 116 Å². The van der Waals surface area contributed by atoms with Crippen molar-refractivity contribution in [2.45, 2.75) is 18.9 Å². The molecule has 0 bridgehead atoms. The second-order valence-electron chi connectivity index (χ2n) is 4.53. The number of ether oxygens (including phenoxy) is 1. The number of rotatable bonds is 5. The van der Waals surface area contributed by atoms with E-state index in [-0.39, 0.29) is 28.8 Å². The average molecular weight is 282 g/mol. The molecular formula is C13H15FN2O2S. The predicted molar refractivity (Wildman–Crippen MR) is 73.6 cm³/mol. The van der Waals surface area contributed by atoms with Gasteiger partial charge in [-0.3, -0.25) is 4.79 Å². The van der Waals surface area contributed by atoms with E-state index in [1.54, 1.807) is 18.0 Å². The highest BCUT2D eigenvalue weighted by Gasteiger charge is 2.29. The third-order valence-corrected chi connectivity index (χ3v) is 3.28. The lowest BCUT2D eigenvalue weighted by atomic mass is 10.2. The molecule has 1 aromatic rings. The van der Waals surface area contributed by atoms with Gasteiger partial charge in [0.2, 0.25) is 0 Å². The number of carbonyl (C=O) groups excluding carboxylic acids is 1. The summed E-state index contributed by atoms with van der Waals surface area (Å²) in [7, 11) is 1.75. The molecule has 0 unspecified atom stereocenters. The van der Waals surface area contributed by atoms with Gasteiger partial charge >= 0.3 is 0 Å². The quantitative estimate of drug-likeness (QED) is 0.831. The van der Waals surface area contributed by atoms with E-state index in [9.17, 15) is 9.18 Å². The summed E-state index contributed by atoms with van der Waals surface area (Å²) in [6, 6.07) is 4.51. The Kier molecular flexibility index (Phi) is 3.99. The second-order valence-corrected chi connectivity index (χ2v) is 4.97. The number of likely N-dealkylation sites (N-methyl/N-ethyl adjacent to an activating group) is 1. The molecule has 1 saturated carbocycles. The Balaban J connectivity index is 1.94. The molecule has 4 nitrogen and oxygen atoms in total. The van der Waals surface area contributed by atoms with E-state index in [1.165, 1.54) is 12.1 Å². The summed E-state index contributed by atoms with van der Waals surface area (Å²) >= 11 is 4.71. The van der Waals surface area contributed by atoms with Crippen LogP contribution in [-0.2, 0) is 4.79 Å². The lowest BCUT2D eigenvalue weighted by Crippen LogP contribution is -2.33. The van der Waals surface area contributed by atoms with E-state index in [4.69, 9.17) is 22.7 Å². The van der Waals surface area contributed by atoms with Crippen LogP contribution in [0.4, 0.5) is 4.39 Å². The summed E-state index contributed by atoms with van der Waals surface area (Å²) in [5, 5.41) is 0. The van der Waals surface area contributed by atoms with E-state index in [0.29, 0.717) is 6.04 Å². The van der Waals surface area contributed by atoms with Crippen LogP contribution in [0.2, 0.25) is 0 Å². The molecule has 2 N–H and O–H groups in total. The maximum atomic E-state index is 13.6. The van der Waals surface area contributed by atoms with Crippen LogP contribution < -0.4 is 10.5 Å². The molecule has 19 heavy (non-hydrogen) atoms. The van der Waals surface area contributed by atoms with Crippen LogP contribution in [0.5, 0.6) is 5.75 Å². The maximum absolute atomic E-state index is 13.6. The Morgan fingerprint density at radius 2 is 2.26 bits per heavy atom. The zero-order chi connectivity index (χ0) is 14.0. The Bertz CT molecular complexity index is 517. The first-order valence-electron chi connectivity index (χ1n) is 5.97. The molecule has 0 radical (unpaired) electrons. The van der Waals surface area contributed by atoms with E-state index in [0.717, 1.165) is 12.8 Å². The van der Waals surface area contributed by atoms with Crippen LogP contribution in [0.3, 0.4) is 0 Å². The van der Waals surface area contributed by atoms with Crippen molar-refractivity contribution in [3.63, 3.8) is 0 Å². The lowest BCUT2D eigenvalue weighted by molar-refractivity contribution is -0.132. The largest absolute Gasteiger partial charge is 0.484 e. The number of nitrogens with two attached hydrogens (primary N) is 1. The van der Waals surface area contributed by atoms with Crippen molar-refractivity contribution >= 4 is 23.1 Å². The summed E-state index contributed by atoms with van der Waals surface area (Å²) < 4.78 is 18.8. The number of halogens is 1. The maximum Gasteiger partial charge on any atom is 0.260 e. The smallest absolute Gasteiger partial charge is 0.260 e. The minimum absolute atomic E-state index is 0.00593. The normalized spacial score (nSPS) is 14.0. The summed E-state index contributed by atoms with van der Waals surface area (Å²) in [6.45, 7) is -0.0984. The summed E-state index contributed by atoms with van der Waals surface area (Å²) in [5.41, 5.74) is 5.53. The predicted octanol–water partition coefficient (Wildman–Crippen LogP) is 1.46. The number of hydrogen-bond acceptors (Lipinski definition) is 3. The van der Waals surface area contributed by atoms with Crippen molar-refractivity contribution in [1.29, 1.82) is 0 Å². The summed E-state index contributed by atoms with van der Waals surface area (Å²) in [4.78, 5) is 13.4. The van der Waals surface area contributed by atoms with Gasteiger partial charge in [-0.1, -0.05) is 12.2 Å². The molecular weight excluding hydrogens is 267 g/mol. The molecule has 1 aromatic carbocycles. The highest BCUT2D eigenvalue weighted by atomic mass is 32.1. The molecule has 0 heterocycles. The van der Waals surface area contributed by atoms with E-state index >= 15 is 0 Å². The van der Waals surface area contributed by atoms with Crippen LogP contribution in [0, 0.1) is 5.82 Å². The number of benzene rings is 1. The van der Waals surface area contributed by atoms with Crippen molar-refractivity contribution < 1.29 is 13.9 Å². The summed E-state index contributed by atoms with van der Waals surface area (Å²) in [6.07, 6.45) is 2.08. The highest BCUT2D eigenvalue weighted by Crippen LogP contribution is 2.25. The van der Waals surface area contributed by atoms with E-state index < -0.39 is 5.82 Å². The molecule has 2 rings (SSSR count). The van der Waals surface area contributed by atoms with E-state index in [1.807, 2.05) is 0 Å². The average Bonchev–Trinajstić information content (AvgIpc) is 3.18. The number of nitrogens with zero attached hydrogens (tertiary/aromatic N) is 1. The molecule has 1 fully saturated rings. The molecule has 0 aliphatic heterocycles. The number of thiocarbonyl (C=S) groups is 1. The number of hydrogen-bond donors (Lipinski definition) is 1. The molecule has 1 aliphatic carbocycles. The van der Waals surface area contributed by atoms with Crippen molar-refractivity contribution in [3.8, 4) is 5.75 Å². The number of carbonyl (C=O) groups is 1. The fourth-order valence-corrected chi connectivity index (χ4v) is 1.86. The van der Waals surface area contributed by atoms with Crippen molar-refractivity contribution in [2.24, 2.45) is 5.73 Å². The lowest BCUT2D eigenvalue weighted by Gasteiger charge is -2.16. The van der Waals surface area contributed by atoms with Crippen LogP contribution in [0.15, 0.2) is 18.2 Å². The van der Waals surface area contributed by atoms with Crippen molar-refractivity contribution in [3.05, 3.63) is 29.6 Å². The molecule has 0 atom stereocenters. The van der Waals surface area contributed by atoms with Crippen molar-refractivity contribution in [1.82, 2.24) is 4.90 Å². The fourth-order valence-electron chi connectivity index (χ4n) is 1.70. The zero-order valence-corrected chi connectivity index (χ0v) is 11.4. The Hall–Kier alpha value is -1.69. The molecule has 102 valence electrons. The minimum Gasteiger partial charge on any atom is -0.484 e. The second kappa shape index (κ2) is 5.52. The first-order chi connectivity index (χ1) is 8.99. The molecule has 6 heteroatoms. The molecule has 0 aromatic heterocycles. The van der Waals surface area contributed by atoms with Gasteiger partial charge in [-0.2, -0.15) is 0 Å². The molecule has 1 aliphatic rings.